The van der Waals surface area contributed by atoms with E-state index >= 15 is 0 Å². The van der Waals surface area contributed by atoms with Crippen molar-refractivity contribution in [3.63, 3.8) is 0 Å². The van der Waals surface area contributed by atoms with Crippen LogP contribution in [0.25, 0.3) is 0 Å². The molecule has 4 heteroatoms. The molecule has 0 radical (unpaired) electrons. The fourth-order valence-corrected chi connectivity index (χ4v) is 1.98. The van der Waals surface area contributed by atoms with Crippen molar-refractivity contribution in [2.24, 2.45) is 0 Å². The van der Waals surface area contributed by atoms with Gasteiger partial charge in [0.25, 0.3) is 0 Å². The third kappa shape index (κ3) is 5.92. The van der Waals surface area contributed by atoms with Gasteiger partial charge in [-0.2, -0.15) is 0 Å². The lowest BCUT2D eigenvalue weighted by Crippen LogP contribution is -2.34. The van der Waals surface area contributed by atoms with Crippen LogP contribution in [0.15, 0.2) is 0 Å². The Morgan fingerprint density at radius 1 is 1.07 bits per heavy atom. The largest absolute Gasteiger partial charge is 0.332 e. The molecule has 3 nitrogen and oxygen atoms in total. The van der Waals surface area contributed by atoms with Crippen molar-refractivity contribution in [2.45, 2.75) is 46.5 Å². The first-order chi connectivity index (χ1) is 7.17. The van der Waals surface area contributed by atoms with Gasteiger partial charge in [0, 0.05) is 18.8 Å². The molecule has 0 saturated carbocycles. The maximum absolute atomic E-state index is 11.7. The zero-order valence-corrected chi connectivity index (χ0v) is 10.9. The molecule has 0 saturated heterocycles. The monoisotopic (exact) mass is 233 g/mol. The fraction of sp³-hybridized carbons (Fsp3) is 0.909. The Morgan fingerprint density at radius 3 is 1.87 bits per heavy atom. The molecule has 1 amide bonds. The molecule has 0 aliphatic rings. The molecular weight excluding hydrogens is 210 g/mol. The van der Waals surface area contributed by atoms with E-state index in [1.165, 1.54) is 0 Å². The van der Waals surface area contributed by atoms with Gasteiger partial charge in [0.15, 0.2) is 0 Å². The van der Waals surface area contributed by atoms with Gasteiger partial charge in [-0.05, 0) is 12.8 Å². The van der Waals surface area contributed by atoms with Gasteiger partial charge in [0.05, 0.1) is 0 Å². The lowest BCUT2D eigenvalue weighted by Gasteiger charge is -2.21. The highest BCUT2D eigenvalue weighted by Gasteiger charge is 2.17. The summed E-state index contributed by atoms with van der Waals surface area (Å²) < 4.78 is 11.4. The van der Waals surface area contributed by atoms with Gasteiger partial charge >= 0.3 is 5.24 Å². The number of hydrogen-bond donors (Lipinski definition) is 0. The summed E-state index contributed by atoms with van der Waals surface area (Å²) in [6, 6.07) is 0. The van der Waals surface area contributed by atoms with Crippen LogP contribution in [0.5, 0.6) is 0 Å². The lowest BCUT2D eigenvalue weighted by molar-refractivity contribution is 0.220. The van der Waals surface area contributed by atoms with Crippen molar-refractivity contribution in [3.8, 4) is 0 Å². The lowest BCUT2D eigenvalue weighted by atomic mass is 10.3. The van der Waals surface area contributed by atoms with E-state index in [2.05, 4.69) is 13.8 Å². The van der Waals surface area contributed by atoms with Crippen LogP contribution in [0.3, 0.4) is 0 Å². The molecule has 1 unspecified atom stereocenters. The summed E-state index contributed by atoms with van der Waals surface area (Å²) in [6.07, 6.45) is 4.12. The Morgan fingerprint density at radius 2 is 1.53 bits per heavy atom. The quantitative estimate of drug-likeness (QED) is 0.678. The third-order valence-electron chi connectivity index (χ3n) is 2.28. The zero-order chi connectivity index (χ0) is 11.7. The second-order valence-corrected chi connectivity index (χ2v) is 5.21. The molecule has 0 aromatic heterocycles. The van der Waals surface area contributed by atoms with Crippen LogP contribution in [0.4, 0.5) is 4.79 Å². The number of carbonyl (C=O) groups is 1. The predicted octanol–water partition coefficient (Wildman–Crippen LogP) is 2.78. The Labute approximate surface area is 95.7 Å². The second kappa shape index (κ2) is 8.89. The van der Waals surface area contributed by atoms with E-state index in [0.29, 0.717) is 5.75 Å². The summed E-state index contributed by atoms with van der Waals surface area (Å²) in [5.74, 6) is 0.424. The van der Waals surface area contributed by atoms with E-state index in [1.54, 1.807) is 11.8 Å². The molecule has 15 heavy (non-hydrogen) atoms. The zero-order valence-electron chi connectivity index (χ0n) is 10.1. The topological polar surface area (TPSA) is 37.4 Å². The predicted molar refractivity (Wildman–Crippen MR) is 65.5 cm³/mol. The van der Waals surface area contributed by atoms with Gasteiger partial charge in [0.2, 0.25) is 0 Å². The minimum Gasteiger partial charge on any atom is -0.332 e. The standard InChI is InChI=1S/C11H23NO2S/c1-4-7-9-12(10-8-5-2)11(13)15(14)6-3/h4-10H2,1-3H3. The molecule has 1 atom stereocenters. The van der Waals surface area contributed by atoms with E-state index < -0.39 is 10.8 Å². The molecule has 0 rings (SSSR count). The van der Waals surface area contributed by atoms with Gasteiger partial charge in [0.1, 0.15) is 10.8 Å². The van der Waals surface area contributed by atoms with Gasteiger partial charge in [-0.3, -0.25) is 4.79 Å². The molecule has 90 valence electrons. The van der Waals surface area contributed by atoms with Crippen LogP contribution in [0.2, 0.25) is 0 Å². The Hall–Kier alpha value is -0.380. The average molecular weight is 233 g/mol. The van der Waals surface area contributed by atoms with Crippen LogP contribution in [0.1, 0.15) is 46.5 Å². The van der Waals surface area contributed by atoms with E-state index in [0.717, 1.165) is 38.8 Å². The maximum atomic E-state index is 11.7. The molecule has 0 bridgehead atoms. The van der Waals surface area contributed by atoms with Crippen molar-refractivity contribution in [3.05, 3.63) is 0 Å². The van der Waals surface area contributed by atoms with E-state index in [4.69, 9.17) is 0 Å². The first-order valence-corrected chi connectivity index (χ1v) is 7.16. The second-order valence-electron chi connectivity index (χ2n) is 3.59. The van der Waals surface area contributed by atoms with Crippen LogP contribution in [-0.2, 0) is 10.8 Å². The Kier molecular flexibility index (Phi) is 8.67. The summed E-state index contributed by atoms with van der Waals surface area (Å²) in [5.41, 5.74) is 0. The van der Waals surface area contributed by atoms with Crippen LogP contribution in [-0.4, -0.2) is 33.2 Å². The summed E-state index contributed by atoms with van der Waals surface area (Å²) in [7, 11) is -1.32. The minimum atomic E-state index is -1.32. The fourth-order valence-electron chi connectivity index (χ4n) is 1.26. The smallest absolute Gasteiger partial charge is 0.311 e. The highest BCUT2D eigenvalue weighted by atomic mass is 32.2. The number of amides is 1. The molecular formula is C11H23NO2S. The summed E-state index contributed by atoms with van der Waals surface area (Å²) in [4.78, 5) is 13.5. The maximum Gasteiger partial charge on any atom is 0.311 e. The number of carbonyl (C=O) groups excluding carboxylic acids is 1. The van der Waals surface area contributed by atoms with Crippen LogP contribution >= 0.6 is 0 Å². The molecule has 0 heterocycles. The van der Waals surface area contributed by atoms with E-state index in [1.807, 2.05) is 0 Å². The number of unbranched alkanes of at least 4 members (excludes halogenated alkanes) is 2. The molecule has 0 aliphatic carbocycles. The third-order valence-corrected chi connectivity index (χ3v) is 3.45. The van der Waals surface area contributed by atoms with Gasteiger partial charge in [-0.25, -0.2) is 4.21 Å². The van der Waals surface area contributed by atoms with Crippen LogP contribution in [0, 0.1) is 0 Å². The van der Waals surface area contributed by atoms with Crippen molar-refractivity contribution < 1.29 is 9.00 Å². The van der Waals surface area contributed by atoms with Crippen molar-refractivity contribution in [2.75, 3.05) is 18.8 Å². The first kappa shape index (κ1) is 14.6. The van der Waals surface area contributed by atoms with E-state index in [9.17, 15) is 9.00 Å². The normalized spacial score (nSPS) is 12.5. The average Bonchev–Trinajstić information content (AvgIpc) is 2.27. The minimum absolute atomic E-state index is 0.181. The molecule has 0 N–H and O–H groups in total. The Bertz CT molecular complexity index is 199. The summed E-state index contributed by atoms with van der Waals surface area (Å²) in [5, 5.41) is -0.181. The summed E-state index contributed by atoms with van der Waals surface area (Å²) >= 11 is 0. The molecule has 0 aromatic rings. The van der Waals surface area contributed by atoms with Gasteiger partial charge in [-0.1, -0.05) is 33.6 Å². The number of hydrogen-bond acceptors (Lipinski definition) is 2. The first-order valence-electron chi connectivity index (χ1n) is 5.84. The summed E-state index contributed by atoms with van der Waals surface area (Å²) in [6.45, 7) is 7.48. The van der Waals surface area contributed by atoms with Crippen molar-refractivity contribution >= 4 is 16.0 Å². The molecule has 0 aromatic carbocycles. The van der Waals surface area contributed by atoms with Gasteiger partial charge < -0.3 is 4.90 Å². The van der Waals surface area contributed by atoms with Crippen LogP contribution < -0.4 is 0 Å². The van der Waals surface area contributed by atoms with Crippen molar-refractivity contribution in [1.29, 1.82) is 0 Å². The molecule has 0 fully saturated rings. The highest BCUT2D eigenvalue weighted by molar-refractivity contribution is 8.00. The van der Waals surface area contributed by atoms with Crippen molar-refractivity contribution in [1.82, 2.24) is 4.90 Å². The van der Waals surface area contributed by atoms with E-state index in [-0.39, 0.29) is 5.24 Å². The molecule has 0 spiro atoms. The number of rotatable bonds is 7. The Balaban J connectivity index is 4.19. The number of nitrogens with zero attached hydrogens (tertiary/aromatic N) is 1. The SMILES string of the molecule is CCCCN(CCCC)C(=O)S(=O)CC. The molecule has 0 aliphatic heterocycles. The van der Waals surface area contributed by atoms with Gasteiger partial charge in [-0.15, -0.1) is 0 Å². The highest BCUT2D eigenvalue weighted by Crippen LogP contribution is 2.03.